The van der Waals surface area contributed by atoms with Crippen LogP contribution in [0.4, 0.5) is 9.18 Å². The fourth-order valence-corrected chi connectivity index (χ4v) is 4.87. The molecule has 2 N–H and O–H groups in total. The Kier molecular flexibility index (Phi) is 9.58. The Bertz CT molecular complexity index is 509. The zero-order valence-corrected chi connectivity index (χ0v) is 16.7. The molecule has 0 bridgehead atoms. The predicted molar refractivity (Wildman–Crippen MR) is 95.7 cm³/mol. The molecule has 3 unspecified atom stereocenters. The molecule has 26 heavy (non-hydrogen) atoms. The number of carbonyl (C=O) groups excluding carboxylic acids is 2. The molecule has 0 heterocycles. The fraction of sp³-hybridized carbons (Fsp3) is 0.882. The van der Waals surface area contributed by atoms with Crippen LogP contribution in [0.25, 0.3) is 0 Å². The number of esters is 1. The van der Waals surface area contributed by atoms with Crippen molar-refractivity contribution in [3.05, 3.63) is 0 Å². The Labute approximate surface area is 154 Å². The fourth-order valence-electron chi connectivity index (χ4n) is 2.89. The molecule has 0 saturated heterocycles. The minimum Gasteiger partial charge on any atom is -0.425 e. The predicted octanol–water partition coefficient (Wildman–Crippen LogP) is 3.79. The molecule has 3 atom stereocenters. The van der Waals surface area contributed by atoms with E-state index in [1.165, 1.54) is 6.92 Å². The molecular formula is C17H31FNO6P. The third kappa shape index (κ3) is 9.53. The lowest BCUT2D eigenvalue weighted by Crippen LogP contribution is -2.36. The van der Waals surface area contributed by atoms with Crippen molar-refractivity contribution < 1.29 is 32.9 Å². The minimum atomic E-state index is -3.42. The summed E-state index contributed by atoms with van der Waals surface area (Å²) in [5.41, 5.74) is 0. The molecule has 0 aromatic carbocycles. The Hall–Kier alpha value is -1.14. The van der Waals surface area contributed by atoms with Crippen LogP contribution in [0.1, 0.15) is 59.3 Å². The summed E-state index contributed by atoms with van der Waals surface area (Å²) < 4.78 is 35.6. The number of ether oxygens (including phenoxy) is 2. The summed E-state index contributed by atoms with van der Waals surface area (Å²) in [6.07, 6.45) is 0.923. The van der Waals surface area contributed by atoms with Gasteiger partial charge in [-0.15, -0.1) is 0 Å². The van der Waals surface area contributed by atoms with Crippen molar-refractivity contribution in [1.29, 1.82) is 0 Å². The van der Waals surface area contributed by atoms with Crippen LogP contribution >= 0.6 is 7.37 Å². The van der Waals surface area contributed by atoms with Crippen LogP contribution in [0.5, 0.6) is 0 Å². The van der Waals surface area contributed by atoms with Crippen LogP contribution in [0.3, 0.4) is 0 Å². The first-order valence-corrected chi connectivity index (χ1v) is 11.2. The van der Waals surface area contributed by atoms with Gasteiger partial charge in [0.2, 0.25) is 13.7 Å². The molecule has 1 aliphatic carbocycles. The van der Waals surface area contributed by atoms with Crippen molar-refractivity contribution in [1.82, 2.24) is 5.32 Å². The van der Waals surface area contributed by atoms with E-state index in [0.717, 1.165) is 32.1 Å². The van der Waals surface area contributed by atoms with E-state index in [1.54, 1.807) is 13.8 Å². The second-order valence-electron chi connectivity index (χ2n) is 7.22. The lowest BCUT2D eigenvalue weighted by Gasteiger charge is -2.24. The minimum absolute atomic E-state index is 0.192. The summed E-state index contributed by atoms with van der Waals surface area (Å²) in [5.74, 6) is -0.681. The van der Waals surface area contributed by atoms with E-state index in [9.17, 15) is 23.4 Å². The second kappa shape index (κ2) is 10.9. The molecule has 7 nitrogen and oxygen atoms in total. The van der Waals surface area contributed by atoms with Crippen molar-refractivity contribution in [2.45, 2.75) is 71.9 Å². The summed E-state index contributed by atoms with van der Waals surface area (Å²) in [5, 5.41) is 1.94. The van der Waals surface area contributed by atoms with E-state index in [2.05, 4.69) is 0 Å². The van der Waals surface area contributed by atoms with Crippen molar-refractivity contribution in [2.24, 2.45) is 11.8 Å². The van der Waals surface area contributed by atoms with Crippen LogP contribution < -0.4 is 5.32 Å². The largest absolute Gasteiger partial charge is 0.425 e. The highest BCUT2D eigenvalue weighted by Gasteiger charge is 2.27. The second-order valence-corrected chi connectivity index (χ2v) is 9.73. The zero-order chi connectivity index (χ0) is 19.7. The first-order valence-electron chi connectivity index (χ1n) is 9.21. The summed E-state index contributed by atoms with van der Waals surface area (Å²) in [6.45, 7) is 4.61. The number of nitrogens with one attached hydrogen (secondary N) is 1. The molecule has 0 aromatic rings. The highest BCUT2D eigenvalue weighted by Crippen LogP contribution is 2.46. The molecule has 152 valence electrons. The topological polar surface area (TPSA) is 102 Å². The van der Waals surface area contributed by atoms with Gasteiger partial charge in [-0.05, 0) is 18.8 Å². The smallest absolute Gasteiger partial charge is 0.412 e. The Morgan fingerprint density at radius 3 is 2.38 bits per heavy atom. The molecule has 1 aliphatic rings. The van der Waals surface area contributed by atoms with E-state index in [0.29, 0.717) is 0 Å². The van der Waals surface area contributed by atoms with E-state index < -0.39 is 32.0 Å². The van der Waals surface area contributed by atoms with Crippen LogP contribution in [0.15, 0.2) is 0 Å². The summed E-state index contributed by atoms with van der Waals surface area (Å²) >= 11 is 0. The highest BCUT2D eigenvalue weighted by molar-refractivity contribution is 7.58. The van der Waals surface area contributed by atoms with Gasteiger partial charge in [-0.2, -0.15) is 0 Å². The van der Waals surface area contributed by atoms with Gasteiger partial charge < -0.3 is 14.4 Å². The van der Waals surface area contributed by atoms with E-state index in [-0.39, 0.29) is 30.6 Å². The molecule has 1 saturated carbocycles. The maximum Gasteiger partial charge on any atom is 0.412 e. The Balaban J connectivity index is 2.29. The SMILES string of the molecule is CC(OC(=O)NC(F)CCP(=O)(O)CC1CCCCC1)OC(=O)C(C)C. The standard InChI is InChI=1S/C17H31FNO6P/c1-12(2)16(20)24-13(3)25-17(21)19-15(18)9-10-26(22,23)11-14-7-5-4-6-8-14/h12-15H,4-11H2,1-3H3,(H,19,21)(H,22,23). The number of hydrogen-bond donors (Lipinski definition) is 2. The number of carbonyl (C=O) groups is 2. The van der Waals surface area contributed by atoms with Gasteiger partial charge in [-0.3, -0.25) is 14.7 Å². The average molecular weight is 395 g/mol. The van der Waals surface area contributed by atoms with Crippen molar-refractivity contribution >= 4 is 19.4 Å². The maximum atomic E-state index is 13.9. The molecule has 0 radical (unpaired) electrons. The third-order valence-corrected chi connectivity index (χ3v) is 6.35. The number of amides is 1. The molecule has 9 heteroatoms. The van der Waals surface area contributed by atoms with Crippen molar-refractivity contribution in [3.63, 3.8) is 0 Å². The quantitative estimate of drug-likeness (QED) is 0.267. The van der Waals surface area contributed by atoms with Gasteiger partial charge in [-0.1, -0.05) is 33.1 Å². The number of rotatable bonds is 9. The van der Waals surface area contributed by atoms with Crippen LogP contribution in [0.2, 0.25) is 0 Å². The summed E-state index contributed by atoms with van der Waals surface area (Å²) in [6, 6.07) is 0. The van der Waals surface area contributed by atoms with Crippen molar-refractivity contribution in [3.8, 4) is 0 Å². The van der Waals surface area contributed by atoms with Crippen LogP contribution in [-0.2, 0) is 18.8 Å². The molecule has 1 amide bonds. The van der Waals surface area contributed by atoms with Crippen molar-refractivity contribution in [2.75, 3.05) is 12.3 Å². The lowest BCUT2D eigenvalue weighted by molar-refractivity contribution is -0.168. The summed E-state index contributed by atoms with van der Waals surface area (Å²) in [4.78, 5) is 33.0. The van der Waals surface area contributed by atoms with Crippen LogP contribution in [0, 0.1) is 11.8 Å². The van der Waals surface area contributed by atoms with Gasteiger partial charge in [0.15, 0.2) is 6.30 Å². The van der Waals surface area contributed by atoms with Gasteiger partial charge in [-0.25, -0.2) is 9.18 Å². The van der Waals surface area contributed by atoms with E-state index >= 15 is 0 Å². The molecule has 0 aromatic heterocycles. The van der Waals surface area contributed by atoms with E-state index in [4.69, 9.17) is 9.47 Å². The van der Waals surface area contributed by atoms with Gasteiger partial charge >= 0.3 is 12.1 Å². The average Bonchev–Trinajstić information content (AvgIpc) is 2.53. The summed E-state index contributed by atoms with van der Waals surface area (Å²) in [7, 11) is -3.42. The number of halogens is 1. The maximum absolute atomic E-state index is 13.9. The monoisotopic (exact) mass is 395 g/mol. The Morgan fingerprint density at radius 2 is 1.81 bits per heavy atom. The van der Waals surface area contributed by atoms with Gasteiger partial charge in [0.05, 0.1) is 5.92 Å². The molecule has 1 rings (SSSR count). The van der Waals surface area contributed by atoms with Gasteiger partial charge in [0, 0.05) is 25.7 Å². The van der Waals surface area contributed by atoms with E-state index in [1.807, 2.05) is 5.32 Å². The Morgan fingerprint density at radius 1 is 1.19 bits per heavy atom. The van der Waals surface area contributed by atoms with Crippen LogP contribution in [-0.4, -0.2) is 41.9 Å². The lowest BCUT2D eigenvalue weighted by atomic mass is 9.91. The molecule has 0 spiro atoms. The number of alkyl carbamates (subject to hydrolysis) is 1. The zero-order valence-electron chi connectivity index (χ0n) is 15.8. The van der Waals surface area contributed by atoms with Gasteiger partial charge in [0.1, 0.15) is 0 Å². The number of hydrogen-bond acceptors (Lipinski definition) is 5. The highest BCUT2D eigenvalue weighted by atomic mass is 31.2. The number of alkyl halides is 1. The first-order chi connectivity index (χ1) is 12.1. The molecular weight excluding hydrogens is 364 g/mol. The first kappa shape index (κ1) is 22.9. The normalized spacial score (nSPS) is 20.1. The van der Waals surface area contributed by atoms with Gasteiger partial charge in [0.25, 0.3) is 0 Å². The molecule has 1 fully saturated rings. The molecule has 0 aliphatic heterocycles. The third-order valence-electron chi connectivity index (χ3n) is 4.30.